The summed E-state index contributed by atoms with van der Waals surface area (Å²) in [7, 11) is 0. The lowest BCUT2D eigenvalue weighted by atomic mass is 10.1. The van der Waals surface area contributed by atoms with Gasteiger partial charge < -0.3 is 25.2 Å². The Morgan fingerprint density at radius 3 is 2.25 bits per heavy atom. The average molecular weight is 284 g/mol. The zero-order valence-corrected chi connectivity index (χ0v) is 10.5. The molecular formula is C13H16O7. The zero-order chi connectivity index (χ0) is 15.1. The van der Waals surface area contributed by atoms with Gasteiger partial charge in [0.05, 0.1) is 12.2 Å². The van der Waals surface area contributed by atoms with E-state index in [0.29, 0.717) is 0 Å². The first-order valence-corrected chi connectivity index (χ1v) is 5.87. The number of benzene rings is 1. The topological polar surface area (TPSA) is 124 Å². The molecule has 0 heterocycles. The SMILES string of the molecule is O=C(OCC(=O)[C@H](O)[C@@H](O)[C@H](O)CO)c1ccccc1. The van der Waals surface area contributed by atoms with Gasteiger partial charge in [-0.2, -0.15) is 0 Å². The molecule has 3 atom stereocenters. The highest BCUT2D eigenvalue weighted by molar-refractivity contribution is 5.92. The number of aliphatic hydroxyl groups is 4. The highest BCUT2D eigenvalue weighted by atomic mass is 16.5. The molecule has 110 valence electrons. The maximum Gasteiger partial charge on any atom is 0.338 e. The third-order valence-electron chi connectivity index (χ3n) is 2.59. The van der Waals surface area contributed by atoms with Crippen LogP contribution in [0.2, 0.25) is 0 Å². The van der Waals surface area contributed by atoms with E-state index in [1.807, 2.05) is 0 Å². The highest BCUT2D eigenvalue weighted by Crippen LogP contribution is 2.04. The second kappa shape index (κ2) is 7.71. The van der Waals surface area contributed by atoms with Gasteiger partial charge in [0.25, 0.3) is 0 Å². The van der Waals surface area contributed by atoms with Crippen molar-refractivity contribution in [3.05, 3.63) is 35.9 Å². The Balaban J connectivity index is 2.49. The quantitative estimate of drug-likeness (QED) is 0.448. The molecule has 0 unspecified atom stereocenters. The van der Waals surface area contributed by atoms with Gasteiger partial charge in [-0.05, 0) is 12.1 Å². The van der Waals surface area contributed by atoms with E-state index in [1.165, 1.54) is 12.1 Å². The number of esters is 1. The minimum atomic E-state index is -1.94. The summed E-state index contributed by atoms with van der Waals surface area (Å²) in [5, 5.41) is 36.4. The van der Waals surface area contributed by atoms with Crippen molar-refractivity contribution in [1.82, 2.24) is 0 Å². The number of ether oxygens (including phenoxy) is 1. The standard InChI is InChI=1S/C13H16O7/c14-6-9(15)11(17)12(18)10(16)7-20-13(19)8-4-2-1-3-5-8/h1-5,9,11-12,14-15,17-18H,6-7H2/t9-,11+,12+/m1/s1. The number of ketones is 1. The Morgan fingerprint density at radius 1 is 1.10 bits per heavy atom. The van der Waals surface area contributed by atoms with Crippen molar-refractivity contribution in [2.45, 2.75) is 18.3 Å². The first kappa shape index (κ1) is 16.3. The lowest BCUT2D eigenvalue weighted by Gasteiger charge is -2.20. The molecule has 0 aromatic heterocycles. The number of carbonyl (C=O) groups is 2. The number of carbonyl (C=O) groups excluding carboxylic acids is 2. The predicted molar refractivity (Wildman–Crippen MR) is 66.8 cm³/mol. The molecule has 0 spiro atoms. The Bertz CT molecular complexity index is 445. The molecule has 1 rings (SSSR count). The number of aliphatic hydroxyl groups excluding tert-OH is 4. The van der Waals surface area contributed by atoms with E-state index in [9.17, 15) is 19.8 Å². The Labute approximate surface area is 115 Å². The minimum absolute atomic E-state index is 0.241. The van der Waals surface area contributed by atoms with Crippen LogP contribution in [-0.2, 0) is 9.53 Å². The molecule has 1 aromatic carbocycles. The first-order valence-electron chi connectivity index (χ1n) is 5.87. The van der Waals surface area contributed by atoms with Crippen LogP contribution in [-0.4, -0.2) is 63.7 Å². The van der Waals surface area contributed by atoms with Gasteiger partial charge in [-0.3, -0.25) is 4.79 Å². The molecule has 7 heteroatoms. The van der Waals surface area contributed by atoms with Crippen molar-refractivity contribution in [2.24, 2.45) is 0 Å². The molecule has 0 aliphatic rings. The van der Waals surface area contributed by atoms with Crippen molar-refractivity contribution in [3.63, 3.8) is 0 Å². The molecule has 20 heavy (non-hydrogen) atoms. The largest absolute Gasteiger partial charge is 0.454 e. The second-order valence-corrected chi connectivity index (χ2v) is 4.09. The summed E-state index contributed by atoms with van der Waals surface area (Å²) in [4.78, 5) is 23.0. The lowest BCUT2D eigenvalue weighted by molar-refractivity contribution is -0.143. The van der Waals surface area contributed by atoms with Crippen LogP contribution in [0.25, 0.3) is 0 Å². The number of hydrogen-bond acceptors (Lipinski definition) is 7. The fraction of sp³-hybridized carbons (Fsp3) is 0.385. The summed E-state index contributed by atoms with van der Waals surface area (Å²) in [5.74, 6) is -1.72. The normalized spacial score (nSPS) is 15.2. The van der Waals surface area contributed by atoms with Crippen LogP contribution in [0.5, 0.6) is 0 Å². The van der Waals surface area contributed by atoms with Gasteiger partial charge in [0.15, 0.2) is 6.61 Å². The van der Waals surface area contributed by atoms with E-state index >= 15 is 0 Å². The van der Waals surface area contributed by atoms with E-state index in [0.717, 1.165) is 0 Å². The molecule has 0 saturated heterocycles. The van der Waals surface area contributed by atoms with Crippen molar-refractivity contribution in [1.29, 1.82) is 0 Å². The van der Waals surface area contributed by atoms with Crippen LogP contribution in [0.3, 0.4) is 0 Å². The summed E-state index contributed by atoms with van der Waals surface area (Å²) in [6.45, 7) is -1.56. The van der Waals surface area contributed by atoms with Crippen LogP contribution in [0.15, 0.2) is 30.3 Å². The number of Topliss-reactive ketones (excluding diaryl/α,β-unsaturated/α-hetero) is 1. The fourth-order valence-corrected chi connectivity index (χ4v) is 1.39. The number of rotatable bonds is 7. The maximum atomic E-state index is 11.5. The molecule has 0 bridgehead atoms. The summed E-state index contributed by atoms with van der Waals surface area (Å²) in [6, 6.07) is 7.93. The van der Waals surface area contributed by atoms with Crippen LogP contribution in [0, 0.1) is 0 Å². The van der Waals surface area contributed by atoms with Crippen LogP contribution in [0.1, 0.15) is 10.4 Å². The summed E-state index contributed by atoms with van der Waals surface area (Å²) in [5.41, 5.74) is 0.241. The molecule has 0 saturated carbocycles. The monoisotopic (exact) mass is 284 g/mol. The minimum Gasteiger partial charge on any atom is -0.454 e. The lowest BCUT2D eigenvalue weighted by Crippen LogP contribution is -2.45. The average Bonchev–Trinajstić information content (AvgIpc) is 2.50. The molecule has 1 aromatic rings. The van der Waals surface area contributed by atoms with Gasteiger partial charge in [0, 0.05) is 0 Å². The van der Waals surface area contributed by atoms with Crippen LogP contribution >= 0.6 is 0 Å². The smallest absolute Gasteiger partial charge is 0.338 e. The van der Waals surface area contributed by atoms with Crippen molar-refractivity contribution in [2.75, 3.05) is 13.2 Å². The van der Waals surface area contributed by atoms with Crippen molar-refractivity contribution < 1.29 is 34.8 Å². The fourth-order valence-electron chi connectivity index (χ4n) is 1.39. The van der Waals surface area contributed by atoms with Gasteiger partial charge in [-0.15, -0.1) is 0 Å². The van der Waals surface area contributed by atoms with Gasteiger partial charge in [0.2, 0.25) is 5.78 Å². The zero-order valence-electron chi connectivity index (χ0n) is 10.5. The molecule has 0 aliphatic carbocycles. The number of hydrogen-bond donors (Lipinski definition) is 4. The van der Waals surface area contributed by atoms with Gasteiger partial charge >= 0.3 is 5.97 Å². The third kappa shape index (κ3) is 4.39. The summed E-state index contributed by atoms with van der Waals surface area (Å²) in [6.07, 6.45) is -5.44. The van der Waals surface area contributed by atoms with Crippen LogP contribution in [0.4, 0.5) is 0 Å². The molecule has 0 radical (unpaired) electrons. The van der Waals surface area contributed by atoms with Crippen molar-refractivity contribution in [3.8, 4) is 0 Å². The van der Waals surface area contributed by atoms with Crippen LogP contribution < -0.4 is 0 Å². The molecular weight excluding hydrogens is 268 g/mol. The van der Waals surface area contributed by atoms with E-state index in [1.54, 1.807) is 18.2 Å². The predicted octanol–water partition coefficient (Wildman–Crippen LogP) is -1.51. The Morgan fingerprint density at radius 2 is 1.70 bits per heavy atom. The van der Waals surface area contributed by atoms with E-state index < -0.39 is 43.3 Å². The van der Waals surface area contributed by atoms with Gasteiger partial charge in [-0.25, -0.2) is 4.79 Å². The van der Waals surface area contributed by atoms with Gasteiger partial charge in [0.1, 0.15) is 18.3 Å². The molecule has 0 amide bonds. The van der Waals surface area contributed by atoms with E-state index in [4.69, 9.17) is 10.2 Å². The second-order valence-electron chi connectivity index (χ2n) is 4.09. The van der Waals surface area contributed by atoms with Crippen molar-refractivity contribution >= 4 is 11.8 Å². The Hall–Kier alpha value is -1.80. The molecule has 7 nitrogen and oxygen atoms in total. The summed E-state index contributed by atoms with van der Waals surface area (Å²) < 4.78 is 4.67. The van der Waals surface area contributed by atoms with E-state index in [2.05, 4.69) is 4.74 Å². The molecule has 0 fully saturated rings. The highest BCUT2D eigenvalue weighted by Gasteiger charge is 2.30. The summed E-state index contributed by atoms with van der Waals surface area (Å²) >= 11 is 0. The first-order chi connectivity index (χ1) is 9.47. The Kier molecular flexibility index (Phi) is 6.26. The van der Waals surface area contributed by atoms with E-state index in [-0.39, 0.29) is 5.56 Å². The maximum absolute atomic E-state index is 11.5. The molecule has 4 N–H and O–H groups in total. The molecule has 0 aliphatic heterocycles. The van der Waals surface area contributed by atoms with Gasteiger partial charge in [-0.1, -0.05) is 18.2 Å². The third-order valence-corrected chi connectivity index (χ3v) is 2.59.